The molecule has 0 amide bonds. The molecule has 0 saturated heterocycles. The maximum absolute atomic E-state index is 5.33. The minimum absolute atomic E-state index is 0.184. The van der Waals surface area contributed by atoms with Crippen molar-refractivity contribution in [3.8, 4) is 0 Å². The zero-order chi connectivity index (χ0) is 5.82. The summed E-state index contributed by atoms with van der Waals surface area (Å²) in [5.41, 5.74) is 5.33. The SMILES string of the molecule is NCC1N=CCCN1. The fraction of sp³-hybridized carbons (Fsp3) is 0.800. The van der Waals surface area contributed by atoms with Crippen LogP contribution in [0.3, 0.4) is 0 Å². The number of rotatable bonds is 1. The Morgan fingerprint density at radius 1 is 1.88 bits per heavy atom. The van der Waals surface area contributed by atoms with Gasteiger partial charge in [0.05, 0.1) is 0 Å². The second-order valence-electron chi connectivity index (χ2n) is 1.83. The van der Waals surface area contributed by atoms with Gasteiger partial charge in [-0.05, 0) is 6.42 Å². The molecule has 0 saturated carbocycles. The summed E-state index contributed by atoms with van der Waals surface area (Å²) in [6.45, 7) is 1.63. The molecule has 46 valence electrons. The molecule has 3 N–H and O–H groups in total. The lowest BCUT2D eigenvalue weighted by molar-refractivity contribution is 0.531. The van der Waals surface area contributed by atoms with Crippen LogP contribution in [0.2, 0.25) is 0 Å². The number of hydrogen-bond donors (Lipinski definition) is 2. The Morgan fingerprint density at radius 3 is 3.12 bits per heavy atom. The lowest BCUT2D eigenvalue weighted by Crippen LogP contribution is -2.37. The average Bonchev–Trinajstić information content (AvgIpc) is 1.90. The Balaban J connectivity index is 2.32. The molecule has 1 aliphatic heterocycles. The largest absolute Gasteiger partial charge is 0.327 e. The topological polar surface area (TPSA) is 50.4 Å². The molecule has 3 heteroatoms. The van der Waals surface area contributed by atoms with Crippen LogP contribution in [0.4, 0.5) is 0 Å². The van der Waals surface area contributed by atoms with Crippen LogP contribution >= 0.6 is 0 Å². The zero-order valence-electron chi connectivity index (χ0n) is 4.80. The molecule has 0 radical (unpaired) electrons. The molecular weight excluding hydrogens is 102 g/mol. The molecule has 0 spiro atoms. The minimum Gasteiger partial charge on any atom is -0.327 e. The summed E-state index contributed by atoms with van der Waals surface area (Å²) in [5, 5.41) is 3.15. The van der Waals surface area contributed by atoms with Gasteiger partial charge in [-0.2, -0.15) is 0 Å². The number of aliphatic imine (C=N–C) groups is 1. The summed E-state index contributed by atoms with van der Waals surface area (Å²) in [7, 11) is 0. The van der Waals surface area contributed by atoms with Crippen molar-refractivity contribution in [1.82, 2.24) is 5.32 Å². The van der Waals surface area contributed by atoms with E-state index in [-0.39, 0.29) is 6.17 Å². The number of nitrogens with zero attached hydrogens (tertiary/aromatic N) is 1. The summed E-state index contributed by atoms with van der Waals surface area (Å²) >= 11 is 0. The molecule has 1 heterocycles. The summed E-state index contributed by atoms with van der Waals surface area (Å²) in [6.07, 6.45) is 3.15. The van der Waals surface area contributed by atoms with Crippen molar-refractivity contribution in [2.24, 2.45) is 10.7 Å². The smallest absolute Gasteiger partial charge is 0.111 e. The molecule has 0 aromatic carbocycles. The summed E-state index contributed by atoms with van der Waals surface area (Å²) in [6, 6.07) is 0. The molecule has 0 aromatic heterocycles. The van der Waals surface area contributed by atoms with E-state index in [2.05, 4.69) is 10.3 Å². The molecule has 0 bridgehead atoms. The van der Waals surface area contributed by atoms with E-state index in [1.807, 2.05) is 6.21 Å². The number of hydrogen-bond acceptors (Lipinski definition) is 3. The van der Waals surface area contributed by atoms with Gasteiger partial charge < -0.3 is 5.73 Å². The van der Waals surface area contributed by atoms with E-state index >= 15 is 0 Å². The van der Waals surface area contributed by atoms with E-state index in [0.717, 1.165) is 13.0 Å². The molecule has 0 fully saturated rings. The Hall–Kier alpha value is -0.410. The third-order valence-electron chi connectivity index (χ3n) is 1.16. The van der Waals surface area contributed by atoms with Gasteiger partial charge in [0, 0.05) is 19.3 Å². The van der Waals surface area contributed by atoms with Crippen molar-refractivity contribution in [3.05, 3.63) is 0 Å². The highest BCUT2D eigenvalue weighted by molar-refractivity contribution is 5.58. The second-order valence-corrected chi connectivity index (χ2v) is 1.83. The van der Waals surface area contributed by atoms with Crippen LogP contribution in [-0.2, 0) is 0 Å². The lowest BCUT2D eigenvalue weighted by atomic mass is 10.3. The van der Waals surface area contributed by atoms with Crippen molar-refractivity contribution in [3.63, 3.8) is 0 Å². The molecule has 1 aliphatic rings. The molecule has 1 unspecified atom stereocenters. The first-order valence-electron chi connectivity index (χ1n) is 2.88. The predicted molar refractivity (Wildman–Crippen MR) is 34.0 cm³/mol. The summed E-state index contributed by atoms with van der Waals surface area (Å²) in [4.78, 5) is 4.09. The Labute approximate surface area is 49.0 Å². The quantitative estimate of drug-likeness (QED) is 0.474. The molecule has 0 aliphatic carbocycles. The molecule has 3 nitrogen and oxygen atoms in total. The van der Waals surface area contributed by atoms with Gasteiger partial charge in [-0.3, -0.25) is 10.3 Å². The van der Waals surface area contributed by atoms with Gasteiger partial charge in [-0.15, -0.1) is 0 Å². The fourth-order valence-electron chi connectivity index (χ4n) is 0.713. The van der Waals surface area contributed by atoms with Gasteiger partial charge in [0.1, 0.15) is 6.17 Å². The molecule has 0 aromatic rings. The van der Waals surface area contributed by atoms with Gasteiger partial charge in [-0.1, -0.05) is 0 Å². The van der Waals surface area contributed by atoms with Gasteiger partial charge in [0.15, 0.2) is 0 Å². The molecular formula is C5H11N3. The molecule has 1 atom stereocenters. The fourth-order valence-corrected chi connectivity index (χ4v) is 0.713. The van der Waals surface area contributed by atoms with Crippen LogP contribution in [0, 0.1) is 0 Å². The predicted octanol–water partition coefficient (Wildman–Crippen LogP) is -0.665. The maximum Gasteiger partial charge on any atom is 0.111 e. The Kier molecular flexibility index (Phi) is 2.00. The Bertz CT molecular complexity index is 89.7. The van der Waals surface area contributed by atoms with E-state index in [1.54, 1.807) is 0 Å². The maximum atomic E-state index is 5.33. The first-order valence-corrected chi connectivity index (χ1v) is 2.88. The third kappa shape index (κ3) is 1.28. The molecule has 1 rings (SSSR count). The normalized spacial score (nSPS) is 28.4. The van der Waals surface area contributed by atoms with Gasteiger partial charge in [0.2, 0.25) is 0 Å². The minimum atomic E-state index is 0.184. The van der Waals surface area contributed by atoms with Crippen LogP contribution in [0.15, 0.2) is 4.99 Å². The van der Waals surface area contributed by atoms with Gasteiger partial charge in [0.25, 0.3) is 0 Å². The van der Waals surface area contributed by atoms with Crippen molar-refractivity contribution in [1.29, 1.82) is 0 Å². The first-order chi connectivity index (χ1) is 3.93. The van der Waals surface area contributed by atoms with Crippen molar-refractivity contribution < 1.29 is 0 Å². The molecule has 8 heavy (non-hydrogen) atoms. The highest BCUT2D eigenvalue weighted by atomic mass is 15.1. The highest BCUT2D eigenvalue weighted by Gasteiger charge is 2.02. The lowest BCUT2D eigenvalue weighted by Gasteiger charge is -2.14. The number of nitrogens with two attached hydrogens (primary N) is 1. The van der Waals surface area contributed by atoms with Crippen LogP contribution < -0.4 is 11.1 Å². The second kappa shape index (κ2) is 2.79. The van der Waals surface area contributed by atoms with E-state index in [4.69, 9.17) is 5.73 Å². The summed E-state index contributed by atoms with van der Waals surface area (Å²) < 4.78 is 0. The van der Waals surface area contributed by atoms with Crippen LogP contribution in [0.25, 0.3) is 0 Å². The average molecular weight is 113 g/mol. The van der Waals surface area contributed by atoms with Crippen LogP contribution in [0.5, 0.6) is 0 Å². The van der Waals surface area contributed by atoms with E-state index < -0.39 is 0 Å². The third-order valence-corrected chi connectivity index (χ3v) is 1.16. The van der Waals surface area contributed by atoms with Crippen molar-refractivity contribution in [2.75, 3.05) is 13.1 Å². The van der Waals surface area contributed by atoms with Gasteiger partial charge in [-0.25, -0.2) is 0 Å². The van der Waals surface area contributed by atoms with E-state index in [0.29, 0.717) is 6.54 Å². The van der Waals surface area contributed by atoms with E-state index in [1.165, 1.54) is 0 Å². The standard InChI is InChI=1S/C5H11N3/c6-4-5-7-2-1-3-8-5/h2,5,8H,1,3-4,6H2. The van der Waals surface area contributed by atoms with Crippen LogP contribution in [0.1, 0.15) is 6.42 Å². The Morgan fingerprint density at radius 2 is 2.75 bits per heavy atom. The first kappa shape index (κ1) is 5.72. The van der Waals surface area contributed by atoms with E-state index in [9.17, 15) is 0 Å². The zero-order valence-corrected chi connectivity index (χ0v) is 4.80. The number of nitrogens with one attached hydrogen (secondary N) is 1. The van der Waals surface area contributed by atoms with Crippen molar-refractivity contribution in [2.45, 2.75) is 12.6 Å². The monoisotopic (exact) mass is 113 g/mol. The summed E-state index contributed by atoms with van der Waals surface area (Å²) in [5.74, 6) is 0. The van der Waals surface area contributed by atoms with Gasteiger partial charge >= 0.3 is 0 Å². The highest BCUT2D eigenvalue weighted by Crippen LogP contribution is 1.88. The van der Waals surface area contributed by atoms with Crippen molar-refractivity contribution >= 4 is 6.21 Å². The van der Waals surface area contributed by atoms with Crippen LogP contribution in [-0.4, -0.2) is 25.5 Å².